The quantitative estimate of drug-likeness (QED) is 0.421. The van der Waals surface area contributed by atoms with Gasteiger partial charge < -0.3 is 14.8 Å². The number of carbonyl (C=O) groups is 2. The molecule has 1 amide bonds. The zero-order valence-corrected chi connectivity index (χ0v) is 20.0. The number of nitrogens with one attached hydrogen (secondary N) is 1. The lowest BCUT2D eigenvalue weighted by molar-refractivity contribution is -0.150. The fourth-order valence-electron chi connectivity index (χ4n) is 3.13. The lowest BCUT2D eigenvalue weighted by atomic mass is 9.97. The molecule has 0 aromatic heterocycles. The van der Waals surface area contributed by atoms with E-state index in [1.807, 2.05) is 71.9 Å². The predicted octanol–water partition coefficient (Wildman–Crippen LogP) is 6.08. The Balaban J connectivity index is 2.13. The van der Waals surface area contributed by atoms with Gasteiger partial charge in [-0.05, 0) is 71.1 Å². The van der Waals surface area contributed by atoms with Gasteiger partial charge in [0.1, 0.15) is 11.2 Å². The summed E-state index contributed by atoms with van der Waals surface area (Å²) in [4.78, 5) is 24.8. The molecule has 0 heterocycles. The lowest BCUT2D eigenvalue weighted by Gasteiger charge is -2.25. The molecule has 0 spiro atoms. The number of hydrogen-bond donors (Lipinski definition) is 1. The first-order valence-electron chi connectivity index (χ1n) is 10.9. The Hall–Kier alpha value is -3.08. The number of esters is 1. The van der Waals surface area contributed by atoms with Crippen molar-refractivity contribution in [2.75, 3.05) is 0 Å². The van der Waals surface area contributed by atoms with Crippen LogP contribution in [-0.4, -0.2) is 29.3 Å². The van der Waals surface area contributed by atoms with E-state index in [-0.39, 0.29) is 12.5 Å². The second-order valence-corrected chi connectivity index (χ2v) is 9.92. The average molecular weight is 438 g/mol. The van der Waals surface area contributed by atoms with Gasteiger partial charge in [0.2, 0.25) is 0 Å². The smallest absolute Gasteiger partial charge is 0.407 e. The summed E-state index contributed by atoms with van der Waals surface area (Å²) in [5.41, 5.74) is 2.37. The molecule has 0 saturated heterocycles. The molecule has 0 bridgehead atoms. The van der Waals surface area contributed by atoms with E-state index in [1.165, 1.54) is 0 Å². The lowest BCUT2D eigenvalue weighted by Crippen LogP contribution is -2.41. The maximum atomic E-state index is 12.4. The zero-order chi connectivity index (χ0) is 23.9. The first-order chi connectivity index (χ1) is 14.8. The Bertz CT molecular complexity index is 919. The third kappa shape index (κ3) is 8.96. The second-order valence-electron chi connectivity index (χ2n) is 9.92. The fourth-order valence-corrected chi connectivity index (χ4v) is 3.13. The number of benzene rings is 2. The average Bonchev–Trinajstić information content (AvgIpc) is 2.66. The number of amides is 1. The second kappa shape index (κ2) is 10.5. The van der Waals surface area contributed by atoms with Gasteiger partial charge in [-0.15, -0.1) is 0 Å². The van der Waals surface area contributed by atoms with E-state index in [9.17, 15) is 9.59 Å². The van der Waals surface area contributed by atoms with Crippen LogP contribution in [0.1, 0.15) is 53.5 Å². The normalized spacial score (nSPS) is 12.6. The third-order valence-electron chi connectivity index (χ3n) is 4.44. The largest absolute Gasteiger partial charge is 0.457 e. The summed E-state index contributed by atoms with van der Waals surface area (Å²) in [5.74, 6) is -0.465. The number of ether oxygens (including phenoxy) is 2. The molecule has 0 aliphatic carbocycles. The van der Waals surface area contributed by atoms with Gasteiger partial charge in [0.15, 0.2) is 0 Å². The van der Waals surface area contributed by atoms with E-state index >= 15 is 0 Å². The minimum atomic E-state index is -0.617. The van der Waals surface area contributed by atoms with Crippen LogP contribution in [0.25, 0.3) is 11.1 Å². The molecule has 2 aromatic rings. The molecule has 32 heavy (non-hydrogen) atoms. The molecule has 0 aliphatic heterocycles. The monoisotopic (exact) mass is 437 g/mol. The van der Waals surface area contributed by atoms with Crippen molar-refractivity contribution >= 4 is 12.1 Å². The molecule has 0 fully saturated rings. The van der Waals surface area contributed by atoms with Gasteiger partial charge in [-0.1, -0.05) is 61.2 Å². The highest BCUT2D eigenvalue weighted by atomic mass is 16.6. The van der Waals surface area contributed by atoms with E-state index in [1.54, 1.807) is 0 Å². The van der Waals surface area contributed by atoms with Crippen LogP contribution in [0.4, 0.5) is 4.79 Å². The maximum Gasteiger partial charge on any atom is 0.407 e. The highest BCUT2D eigenvalue weighted by molar-refractivity contribution is 5.88. The fraction of sp³-hybridized carbons (Fsp3) is 0.407. The van der Waals surface area contributed by atoms with Crippen LogP contribution in [0.5, 0.6) is 0 Å². The molecule has 5 heteroatoms. The van der Waals surface area contributed by atoms with E-state index in [2.05, 4.69) is 36.2 Å². The highest BCUT2D eigenvalue weighted by Crippen LogP contribution is 2.21. The van der Waals surface area contributed by atoms with Crippen LogP contribution < -0.4 is 5.32 Å². The minimum Gasteiger partial charge on any atom is -0.457 e. The Morgan fingerprint density at radius 3 is 1.91 bits per heavy atom. The van der Waals surface area contributed by atoms with Crippen molar-refractivity contribution in [2.45, 2.75) is 71.6 Å². The molecule has 172 valence electrons. The van der Waals surface area contributed by atoms with Crippen molar-refractivity contribution in [3.63, 3.8) is 0 Å². The van der Waals surface area contributed by atoms with E-state index in [0.717, 1.165) is 16.7 Å². The molecule has 2 rings (SSSR count). The third-order valence-corrected chi connectivity index (χ3v) is 4.44. The van der Waals surface area contributed by atoms with Gasteiger partial charge in [0.25, 0.3) is 0 Å². The standard InChI is InChI=1S/C27H35NO4/c1-19(24(29)31-26(2,3)4)17-23(28-25(30)32-27(5,6)7)18-20-13-15-22(16-14-20)21-11-9-8-10-12-21/h8-16,23H,1,17-18H2,2-7H3,(H,28,30)/t23-/m0/s1. The van der Waals surface area contributed by atoms with Crippen LogP contribution in [0.2, 0.25) is 0 Å². The molecule has 5 nitrogen and oxygen atoms in total. The number of rotatable bonds is 7. The number of carbonyl (C=O) groups excluding carboxylic acids is 2. The first kappa shape index (κ1) is 25.2. The maximum absolute atomic E-state index is 12.4. The van der Waals surface area contributed by atoms with Gasteiger partial charge in [0, 0.05) is 11.6 Å². The van der Waals surface area contributed by atoms with Gasteiger partial charge in [0.05, 0.1) is 0 Å². The van der Waals surface area contributed by atoms with Gasteiger partial charge in [-0.2, -0.15) is 0 Å². The first-order valence-corrected chi connectivity index (χ1v) is 10.9. The van der Waals surface area contributed by atoms with Crippen molar-refractivity contribution < 1.29 is 19.1 Å². The topological polar surface area (TPSA) is 64.6 Å². The molecular weight excluding hydrogens is 402 g/mol. The van der Waals surface area contributed by atoms with Crippen LogP contribution in [0.3, 0.4) is 0 Å². The van der Waals surface area contributed by atoms with Gasteiger partial charge >= 0.3 is 12.1 Å². The molecule has 2 aromatic carbocycles. The highest BCUT2D eigenvalue weighted by Gasteiger charge is 2.24. The Labute approximate surface area is 191 Å². The molecule has 0 radical (unpaired) electrons. The van der Waals surface area contributed by atoms with Crippen molar-refractivity contribution in [3.05, 3.63) is 72.3 Å². The Kier molecular flexibility index (Phi) is 8.25. The summed E-state index contributed by atoms with van der Waals surface area (Å²) in [5, 5.41) is 2.89. The molecule has 0 saturated carbocycles. The van der Waals surface area contributed by atoms with Gasteiger partial charge in [-0.3, -0.25) is 0 Å². The SMILES string of the molecule is C=C(C[C@@H](Cc1ccc(-c2ccccc2)cc1)NC(=O)OC(C)(C)C)C(=O)OC(C)(C)C. The summed E-state index contributed by atoms with van der Waals surface area (Å²) < 4.78 is 10.8. The summed E-state index contributed by atoms with van der Waals surface area (Å²) in [6.07, 6.45) is 0.255. The van der Waals surface area contributed by atoms with Crippen molar-refractivity contribution in [3.8, 4) is 11.1 Å². The van der Waals surface area contributed by atoms with E-state index in [4.69, 9.17) is 9.47 Å². The summed E-state index contributed by atoms with van der Waals surface area (Å²) >= 11 is 0. The summed E-state index contributed by atoms with van der Waals surface area (Å²) in [6.45, 7) is 14.7. The molecule has 0 aliphatic rings. The molecule has 1 atom stereocenters. The number of alkyl carbamates (subject to hydrolysis) is 1. The molecule has 0 unspecified atom stereocenters. The zero-order valence-electron chi connectivity index (χ0n) is 20.0. The van der Waals surface area contributed by atoms with Crippen LogP contribution in [0.15, 0.2) is 66.7 Å². The van der Waals surface area contributed by atoms with Crippen molar-refractivity contribution in [1.82, 2.24) is 5.32 Å². The predicted molar refractivity (Wildman–Crippen MR) is 128 cm³/mol. The van der Waals surface area contributed by atoms with Crippen molar-refractivity contribution in [1.29, 1.82) is 0 Å². The Morgan fingerprint density at radius 1 is 0.844 bits per heavy atom. The molecule has 1 N–H and O–H groups in total. The van der Waals surface area contributed by atoms with E-state index < -0.39 is 23.3 Å². The minimum absolute atomic E-state index is 0.259. The van der Waals surface area contributed by atoms with Crippen molar-refractivity contribution in [2.24, 2.45) is 0 Å². The summed E-state index contributed by atoms with van der Waals surface area (Å²) in [6, 6.07) is 17.9. The molecular formula is C27H35NO4. The number of hydrogen-bond acceptors (Lipinski definition) is 4. The Morgan fingerprint density at radius 2 is 1.38 bits per heavy atom. The van der Waals surface area contributed by atoms with E-state index in [0.29, 0.717) is 12.0 Å². The van der Waals surface area contributed by atoms with Crippen LogP contribution >= 0.6 is 0 Å². The van der Waals surface area contributed by atoms with Gasteiger partial charge in [-0.25, -0.2) is 9.59 Å². The van der Waals surface area contributed by atoms with Crippen LogP contribution in [-0.2, 0) is 20.7 Å². The summed E-state index contributed by atoms with van der Waals surface area (Å²) in [7, 11) is 0. The van der Waals surface area contributed by atoms with Crippen LogP contribution in [0, 0.1) is 0 Å².